The minimum atomic E-state index is -0.0551. The average Bonchev–Trinajstić information content (AvgIpc) is 2.85. The van der Waals surface area contributed by atoms with Crippen LogP contribution in [0.2, 0.25) is 0 Å². The van der Waals surface area contributed by atoms with Crippen molar-refractivity contribution >= 4 is 0 Å². The number of nitrogens with one attached hydrogen (secondary N) is 1. The zero-order chi connectivity index (χ0) is 10.2. The van der Waals surface area contributed by atoms with Gasteiger partial charge in [0.05, 0.1) is 6.10 Å². The molecule has 2 aliphatic carbocycles. The molecule has 0 aromatic carbocycles. The maximum Gasteiger partial charge on any atom is 0.0555 e. The smallest absolute Gasteiger partial charge is 0.0555 e. The van der Waals surface area contributed by atoms with Gasteiger partial charge in [0.1, 0.15) is 0 Å². The maximum absolute atomic E-state index is 9.57. The van der Waals surface area contributed by atoms with E-state index in [1.807, 2.05) is 0 Å². The minimum Gasteiger partial charge on any atom is -0.393 e. The topological polar surface area (TPSA) is 32.3 Å². The van der Waals surface area contributed by atoms with Crippen LogP contribution in [0, 0.1) is 5.41 Å². The van der Waals surface area contributed by atoms with Crippen molar-refractivity contribution in [2.75, 3.05) is 0 Å². The van der Waals surface area contributed by atoms with Crippen molar-refractivity contribution in [1.82, 2.24) is 5.32 Å². The fourth-order valence-electron chi connectivity index (χ4n) is 2.50. The van der Waals surface area contributed by atoms with Crippen LogP contribution in [0.3, 0.4) is 0 Å². The normalized spacial score (nSPS) is 37.9. The van der Waals surface area contributed by atoms with Crippen LogP contribution in [0.4, 0.5) is 0 Å². The van der Waals surface area contributed by atoms with Crippen molar-refractivity contribution in [2.45, 2.75) is 70.6 Å². The van der Waals surface area contributed by atoms with Crippen LogP contribution in [0.15, 0.2) is 0 Å². The highest BCUT2D eigenvalue weighted by Gasteiger charge is 2.43. The lowest BCUT2D eigenvalue weighted by Gasteiger charge is -2.31. The van der Waals surface area contributed by atoms with E-state index in [0.717, 1.165) is 12.8 Å². The first-order valence-corrected chi connectivity index (χ1v) is 6.04. The maximum atomic E-state index is 9.57. The van der Waals surface area contributed by atoms with Crippen LogP contribution in [-0.2, 0) is 0 Å². The minimum absolute atomic E-state index is 0.0551. The molecule has 82 valence electrons. The molecule has 2 nitrogen and oxygen atoms in total. The van der Waals surface area contributed by atoms with Crippen LogP contribution in [0.25, 0.3) is 0 Å². The van der Waals surface area contributed by atoms with Crippen molar-refractivity contribution in [3.05, 3.63) is 0 Å². The lowest BCUT2D eigenvalue weighted by atomic mass is 9.91. The first-order chi connectivity index (χ1) is 6.60. The number of aliphatic hydroxyl groups is 1. The lowest BCUT2D eigenvalue weighted by molar-refractivity contribution is 0.106. The molecule has 0 aromatic rings. The van der Waals surface area contributed by atoms with Crippen LogP contribution >= 0.6 is 0 Å². The summed E-state index contributed by atoms with van der Waals surface area (Å²) in [4.78, 5) is 0. The Labute approximate surface area is 87.1 Å². The molecule has 2 aliphatic rings. The molecular weight excluding hydrogens is 174 g/mol. The quantitative estimate of drug-likeness (QED) is 0.726. The van der Waals surface area contributed by atoms with Gasteiger partial charge in [0.2, 0.25) is 0 Å². The van der Waals surface area contributed by atoms with Crippen molar-refractivity contribution in [3.63, 3.8) is 0 Å². The summed E-state index contributed by atoms with van der Waals surface area (Å²) >= 11 is 0. The molecule has 2 fully saturated rings. The second kappa shape index (κ2) is 3.82. The van der Waals surface area contributed by atoms with Gasteiger partial charge in [0, 0.05) is 12.1 Å². The van der Waals surface area contributed by atoms with E-state index < -0.39 is 0 Å². The molecule has 2 N–H and O–H groups in total. The molecule has 0 aromatic heterocycles. The van der Waals surface area contributed by atoms with E-state index in [2.05, 4.69) is 19.2 Å². The van der Waals surface area contributed by atoms with Gasteiger partial charge in [-0.3, -0.25) is 0 Å². The summed E-state index contributed by atoms with van der Waals surface area (Å²) in [7, 11) is 0. The first kappa shape index (κ1) is 10.4. The Morgan fingerprint density at radius 3 is 2.64 bits per heavy atom. The zero-order valence-corrected chi connectivity index (χ0v) is 9.42. The molecule has 0 radical (unpaired) electrons. The number of aliphatic hydroxyl groups excluding tert-OH is 1. The van der Waals surface area contributed by atoms with Gasteiger partial charge in [-0.25, -0.2) is 0 Å². The Balaban J connectivity index is 1.78. The van der Waals surface area contributed by atoms with Gasteiger partial charge in [0.25, 0.3) is 0 Å². The second-order valence-corrected chi connectivity index (χ2v) is 5.56. The molecule has 0 bridgehead atoms. The summed E-state index contributed by atoms with van der Waals surface area (Å²) in [6.07, 6.45) is 7.08. The Morgan fingerprint density at radius 1 is 1.36 bits per heavy atom. The summed E-state index contributed by atoms with van der Waals surface area (Å²) < 4.78 is 0. The standard InChI is InChI=1S/C12H23NO/c1-9(12(2)6-7-12)13-10-4-3-5-11(14)8-10/h9-11,13-14H,3-8H2,1-2H3. The molecule has 0 amide bonds. The summed E-state index contributed by atoms with van der Waals surface area (Å²) in [5.74, 6) is 0. The molecule has 0 spiro atoms. The first-order valence-electron chi connectivity index (χ1n) is 6.04. The van der Waals surface area contributed by atoms with E-state index in [4.69, 9.17) is 0 Å². The largest absolute Gasteiger partial charge is 0.393 e. The molecule has 3 unspecified atom stereocenters. The van der Waals surface area contributed by atoms with E-state index in [0.29, 0.717) is 17.5 Å². The molecule has 0 aliphatic heterocycles. The monoisotopic (exact) mass is 197 g/mol. The van der Waals surface area contributed by atoms with Crippen LogP contribution in [0.5, 0.6) is 0 Å². The van der Waals surface area contributed by atoms with E-state index in [1.165, 1.54) is 25.7 Å². The highest BCUT2D eigenvalue weighted by Crippen LogP contribution is 2.48. The third-order valence-corrected chi connectivity index (χ3v) is 4.22. The van der Waals surface area contributed by atoms with Gasteiger partial charge < -0.3 is 10.4 Å². The summed E-state index contributed by atoms with van der Waals surface area (Å²) in [5, 5.41) is 13.3. The predicted molar refractivity (Wildman–Crippen MR) is 58.2 cm³/mol. The highest BCUT2D eigenvalue weighted by molar-refractivity contribution is 4.98. The Morgan fingerprint density at radius 2 is 2.07 bits per heavy atom. The molecule has 3 atom stereocenters. The van der Waals surface area contributed by atoms with Gasteiger partial charge in [-0.05, 0) is 50.9 Å². The van der Waals surface area contributed by atoms with Gasteiger partial charge in [-0.1, -0.05) is 6.92 Å². The number of hydrogen-bond acceptors (Lipinski definition) is 2. The van der Waals surface area contributed by atoms with Gasteiger partial charge >= 0.3 is 0 Å². The molecule has 2 heteroatoms. The van der Waals surface area contributed by atoms with E-state index in [9.17, 15) is 5.11 Å². The predicted octanol–water partition coefficient (Wildman–Crippen LogP) is 2.07. The fourth-order valence-corrected chi connectivity index (χ4v) is 2.50. The molecule has 2 rings (SSSR count). The Bertz CT molecular complexity index is 200. The third kappa shape index (κ3) is 2.29. The summed E-state index contributed by atoms with van der Waals surface area (Å²) in [6.45, 7) is 4.66. The fraction of sp³-hybridized carbons (Fsp3) is 1.00. The second-order valence-electron chi connectivity index (χ2n) is 5.56. The van der Waals surface area contributed by atoms with Gasteiger partial charge in [0.15, 0.2) is 0 Å². The van der Waals surface area contributed by atoms with Crippen molar-refractivity contribution < 1.29 is 5.11 Å². The zero-order valence-electron chi connectivity index (χ0n) is 9.42. The third-order valence-electron chi connectivity index (χ3n) is 4.22. The number of hydrogen-bond donors (Lipinski definition) is 2. The molecule has 0 saturated heterocycles. The molecule has 2 saturated carbocycles. The molecule has 0 heterocycles. The van der Waals surface area contributed by atoms with Crippen LogP contribution < -0.4 is 5.32 Å². The Kier molecular flexibility index (Phi) is 2.85. The van der Waals surface area contributed by atoms with Crippen molar-refractivity contribution in [3.8, 4) is 0 Å². The highest BCUT2D eigenvalue weighted by atomic mass is 16.3. The van der Waals surface area contributed by atoms with Crippen LogP contribution in [0.1, 0.15) is 52.4 Å². The Hall–Kier alpha value is -0.0800. The van der Waals surface area contributed by atoms with E-state index in [1.54, 1.807) is 0 Å². The van der Waals surface area contributed by atoms with Crippen LogP contribution in [-0.4, -0.2) is 23.3 Å². The van der Waals surface area contributed by atoms with Gasteiger partial charge in [-0.15, -0.1) is 0 Å². The average molecular weight is 197 g/mol. The van der Waals surface area contributed by atoms with Crippen molar-refractivity contribution in [2.24, 2.45) is 5.41 Å². The molecule has 14 heavy (non-hydrogen) atoms. The lowest BCUT2D eigenvalue weighted by Crippen LogP contribution is -2.44. The number of rotatable bonds is 3. The van der Waals surface area contributed by atoms with Crippen molar-refractivity contribution in [1.29, 1.82) is 0 Å². The van der Waals surface area contributed by atoms with E-state index in [-0.39, 0.29) is 6.10 Å². The summed E-state index contributed by atoms with van der Waals surface area (Å²) in [5.41, 5.74) is 0.558. The summed E-state index contributed by atoms with van der Waals surface area (Å²) in [6, 6.07) is 1.18. The van der Waals surface area contributed by atoms with E-state index >= 15 is 0 Å². The van der Waals surface area contributed by atoms with Gasteiger partial charge in [-0.2, -0.15) is 0 Å². The SMILES string of the molecule is CC(NC1CCCC(O)C1)C1(C)CC1. The molecular formula is C12H23NO.